The Bertz CT molecular complexity index is 279. The molecular formula is C10H17N3S. The topological polar surface area (TPSA) is 28.2 Å². The number of hydrogen-bond acceptors (Lipinski definition) is 4. The van der Waals surface area contributed by atoms with Gasteiger partial charge in [-0.2, -0.15) is 0 Å². The van der Waals surface area contributed by atoms with E-state index in [1.807, 2.05) is 0 Å². The minimum atomic E-state index is 0.955. The Labute approximate surface area is 89.1 Å². The van der Waals surface area contributed by atoms with Crippen LogP contribution < -0.4 is 5.32 Å². The Kier molecular flexibility index (Phi) is 3.37. The SMILES string of the molecule is CCNc1nc(CN2CCCC2)cs1. The lowest BCUT2D eigenvalue weighted by molar-refractivity contribution is 0.328. The van der Waals surface area contributed by atoms with Crippen molar-refractivity contribution in [3.05, 3.63) is 11.1 Å². The molecule has 14 heavy (non-hydrogen) atoms. The molecule has 0 radical (unpaired) electrons. The fourth-order valence-corrected chi connectivity index (χ4v) is 2.55. The van der Waals surface area contributed by atoms with Crippen molar-refractivity contribution in [2.24, 2.45) is 0 Å². The van der Waals surface area contributed by atoms with Gasteiger partial charge >= 0.3 is 0 Å². The Morgan fingerprint density at radius 2 is 2.29 bits per heavy atom. The van der Waals surface area contributed by atoms with Crippen molar-refractivity contribution < 1.29 is 0 Å². The van der Waals surface area contributed by atoms with Crippen LogP contribution in [-0.2, 0) is 6.54 Å². The van der Waals surface area contributed by atoms with Gasteiger partial charge in [0.1, 0.15) is 0 Å². The summed E-state index contributed by atoms with van der Waals surface area (Å²) in [6.07, 6.45) is 2.70. The van der Waals surface area contributed by atoms with Crippen molar-refractivity contribution in [3.8, 4) is 0 Å². The molecule has 1 aromatic rings. The van der Waals surface area contributed by atoms with E-state index >= 15 is 0 Å². The average Bonchev–Trinajstić information content (AvgIpc) is 2.79. The molecule has 2 heterocycles. The number of aromatic nitrogens is 1. The summed E-state index contributed by atoms with van der Waals surface area (Å²) in [6.45, 7) is 6.57. The molecule has 1 aliphatic rings. The molecule has 1 aliphatic heterocycles. The van der Waals surface area contributed by atoms with Crippen molar-refractivity contribution in [2.75, 3.05) is 25.0 Å². The normalized spacial score (nSPS) is 17.5. The first kappa shape index (κ1) is 9.93. The van der Waals surface area contributed by atoms with Gasteiger partial charge in [-0.3, -0.25) is 4.90 Å². The van der Waals surface area contributed by atoms with Gasteiger partial charge in [0.25, 0.3) is 0 Å². The van der Waals surface area contributed by atoms with Gasteiger partial charge in [-0.05, 0) is 32.9 Å². The quantitative estimate of drug-likeness (QED) is 0.827. The molecular weight excluding hydrogens is 194 g/mol. The lowest BCUT2D eigenvalue weighted by Gasteiger charge is -2.11. The lowest BCUT2D eigenvalue weighted by atomic mass is 10.4. The van der Waals surface area contributed by atoms with E-state index in [1.165, 1.54) is 31.6 Å². The summed E-state index contributed by atoms with van der Waals surface area (Å²) in [7, 11) is 0. The van der Waals surface area contributed by atoms with Crippen LogP contribution >= 0.6 is 11.3 Å². The number of thiazole rings is 1. The molecule has 0 bridgehead atoms. The van der Waals surface area contributed by atoms with Crippen molar-refractivity contribution in [2.45, 2.75) is 26.3 Å². The smallest absolute Gasteiger partial charge is 0.182 e. The Balaban J connectivity index is 1.88. The van der Waals surface area contributed by atoms with Gasteiger partial charge in [0.05, 0.1) is 5.69 Å². The van der Waals surface area contributed by atoms with Crippen molar-refractivity contribution in [3.63, 3.8) is 0 Å². The summed E-state index contributed by atoms with van der Waals surface area (Å²) >= 11 is 1.71. The number of nitrogens with one attached hydrogen (secondary N) is 1. The largest absolute Gasteiger partial charge is 0.362 e. The van der Waals surface area contributed by atoms with Crippen LogP contribution in [0.25, 0.3) is 0 Å². The van der Waals surface area contributed by atoms with E-state index in [-0.39, 0.29) is 0 Å². The minimum absolute atomic E-state index is 0.955. The molecule has 1 fully saturated rings. The van der Waals surface area contributed by atoms with Crippen molar-refractivity contribution in [1.29, 1.82) is 0 Å². The van der Waals surface area contributed by atoms with E-state index < -0.39 is 0 Å². The third-order valence-electron chi connectivity index (χ3n) is 2.46. The highest BCUT2D eigenvalue weighted by molar-refractivity contribution is 7.13. The first-order valence-corrected chi connectivity index (χ1v) is 6.17. The predicted molar refractivity (Wildman–Crippen MR) is 60.8 cm³/mol. The molecule has 0 aromatic carbocycles. The molecule has 0 aliphatic carbocycles. The summed E-state index contributed by atoms with van der Waals surface area (Å²) in [6, 6.07) is 0. The number of anilines is 1. The summed E-state index contributed by atoms with van der Waals surface area (Å²) in [5.74, 6) is 0. The van der Waals surface area contributed by atoms with Gasteiger partial charge < -0.3 is 5.32 Å². The van der Waals surface area contributed by atoms with Crippen LogP contribution in [0, 0.1) is 0 Å². The van der Waals surface area contributed by atoms with E-state index in [9.17, 15) is 0 Å². The zero-order chi connectivity index (χ0) is 9.80. The molecule has 2 rings (SSSR count). The van der Waals surface area contributed by atoms with Crippen LogP contribution in [0.5, 0.6) is 0 Å². The molecule has 0 unspecified atom stereocenters. The first-order chi connectivity index (χ1) is 6.88. The molecule has 1 saturated heterocycles. The Hall–Kier alpha value is -0.610. The maximum Gasteiger partial charge on any atom is 0.182 e. The highest BCUT2D eigenvalue weighted by Crippen LogP contribution is 2.18. The van der Waals surface area contributed by atoms with E-state index in [4.69, 9.17) is 0 Å². The number of hydrogen-bond donors (Lipinski definition) is 1. The van der Waals surface area contributed by atoms with E-state index in [0.29, 0.717) is 0 Å². The van der Waals surface area contributed by atoms with Crippen LogP contribution in [0.1, 0.15) is 25.5 Å². The molecule has 0 saturated carbocycles. The van der Waals surface area contributed by atoms with E-state index in [2.05, 4.69) is 27.5 Å². The number of likely N-dealkylation sites (tertiary alicyclic amines) is 1. The van der Waals surface area contributed by atoms with Gasteiger partial charge in [0.2, 0.25) is 0 Å². The standard InChI is InChI=1S/C10H17N3S/c1-2-11-10-12-9(8-14-10)7-13-5-3-4-6-13/h8H,2-7H2,1H3,(H,11,12). The third kappa shape index (κ3) is 2.45. The van der Waals surface area contributed by atoms with Gasteiger partial charge in [0.15, 0.2) is 5.13 Å². The maximum atomic E-state index is 4.53. The van der Waals surface area contributed by atoms with Gasteiger partial charge in [-0.25, -0.2) is 4.98 Å². The highest BCUT2D eigenvalue weighted by atomic mass is 32.1. The molecule has 1 aromatic heterocycles. The van der Waals surface area contributed by atoms with Crippen LogP contribution in [0.4, 0.5) is 5.13 Å². The van der Waals surface area contributed by atoms with Gasteiger partial charge in [-0.15, -0.1) is 11.3 Å². The first-order valence-electron chi connectivity index (χ1n) is 5.29. The predicted octanol–water partition coefficient (Wildman–Crippen LogP) is 2.17. The fourth-order valence-electron chi connectivity index (χ4n) is 1.78. The zero-order valence-corrected chi connectivity index (χ0v) is 9.44. The van der Waals surface area contributed by atoms with Gasteiger partial charge in [0, 0.05) is 18.5 Å². The second-order valence-corrected chi connectivity index (χ2v) is 4.52. The van der Waals surface area contributed by atoms with E-state index in [1.54, 1.807) is 11.3 Å². The Morgan fingerprint density at radius 3 is 3.00 bits per heavy atom. The van der Waals surface area contributed by atoms with Crippen LogP contribution in [0.2, 0.25) is 0 Å². The average molecular weight is 211 g/mol. The fraction of sp³-hybridized carbons (Fsp3) is 0.700. The van der Waals surface area contributed by atoms with Crippen LogP contribution in [-0.4, -0.2) is 29.5 Å². The molecule has 3 nitrogen and oxygen atoms in total. The summed E-state index contributed by atoms with van der Waals surface area (Å²) in [5.41, 5.74) is 1.22. The Morgan fingerprint density at radius 1 is 1.50 bits per heavy atom. The molecule has 0 atom stereocenters. The highest BCUT2D eigenvalue weighted by Gasteiger charge is 2.13. The summed E-state index contributed by atoms with van der Waals surface area (Å²) in [4.78, 5) is 7.01. The molecule has 0 spiro atoms. The monoisotopic (exact) mass is 211 g/mol. The molecule has 1 N–H and O–H groups in total. The third-order valence-corrected chi connectivity index (χ3v) is 3.31. The van der Waals surface area contributed by atoms with Gasteiger partial charge in [-0.1, -0.05) is 0 Å². The van der Waals surface area contributed by atoms with E-state index in [0.717, 1.165) is 18.2 Å². The van der Waals surface area contributed by atoms with Crippen LogP contribution in [0.15, 0.2) is 5.38 Å². The second-order valence-electron chi connectivity index (χ2n) is 3.66. The molecule has 4 heteroatoms. The minimum Gasteiger partial charge on any atom is -0.362 e. The summed E-state index contributed by atoms with van der Waals surface area (Å²) < 4.78 is 0. The maximum absolute atomic E-state index is 4.53. The zero-order valence-electron chi connectivity index (χ0n) is 8.62. The number of nitrogens with zero attached hydrogens (tertiary/aromatic N) is 2. The number of rotatable bonds is 4. The lowest BCUT2D eigenvalue weighted by Crippen LogP contribution is -2.18. The van der Waals surface area contributed by atoms with Crippen LogP contribution in [0.3, 0.4) is 0 Å². The molecule has 78 valence electrons. The van der Waals surface area contributed by atoms with Crippen molar-refractivity contribution in [1.82, 2.24) is 9.88 Å². The summed E-state index contributed by atoms with van der Waals surface area (Å²) in [5, 5.41) is 6.46. The van der Waals surface area contributed by atoms with Crippen molar-refractivity contribution >= 4 is 16.5 Å². The molecule has 0 amide bonds. The second kappa shape index (κ2) is 4.75.